The summed E-state index contributed by atoms with van der Waals surface area (Å²) >= 11 is 3.23. The average Bonchev–Trinajstić information content (AvgIpc) is 2.84. The van der Waals surface area contributed by atoms with Crippen LogP contribution in [0.2, 0.25) is 0 Å². The fourth-order valence-electron chi connectivity index (χ4n) is 2.15. The third kappa shape index (κ3) is 2.79. The lowest BCUT2D eigenvalue weighted by Gasteiger charge is -2.03. The molecule has 0 N–H and O–H groups in total. The van der Waals surface area contributed by atoms with Gasteiger partial charge in [-0.25, -0.2) is 17.9 Å². The van der Waals surface area contributed by atoms with Crippen LogP contribution in [0.15, 0.2) is 47.1 Å². The van der Waals surface area contributed by atoms with Gasteiger partial charge in [-0.05, 0) is 52.3 Å². The van der Waals surface area contributed by atoms with E-state index in [0.29, 0.717) is 18.0 Å². The Morgan fingerprint density at radius 3 is 2.26 bits per heavy atom. The van der Waals surface area contributed by atoms with E-state index in [0.717, 1.165) is 6.07 Å². The summed E-state index contributed by atoms with van der Waals surface area (Å²) in [5, 5.41) is 4.19. The number of rotatable bonds is 3. The maximum Gasteiger partial charge on any atom is 0.155 e. The molecular weight excluding hydrogens is 373 g/mol. The third-order valence-corrected chi connectivity index (χ3v) is 4.00. The Balaban J connectivity index is 2.20. The molecule has 0 amide bonds. The molecule has 0 bridgehead atoms. The van der Waals surface area contributed by atoms with Crippen molar-refractivity contribution in [2.24, 2.45) is 0 Å². The first-order valence-corrected chi connectivity index (χ1v) is 7.25. The van der Waals surface area contributed by atoms with E-state index in [1.807, 2.05) is 0 Å². The topological polar surface area (TPSA) is 34.9 Å². The minimum Gasteiger partial charge on any atom is -0.298 e. The van der Waals surface area contributed by atoms with E-state index in [9.17, 15) is 18.0 Å². The van der Waals surface area contributed by atoms with Gasteiger partial charge in [-0.1, -0.05) is 0 Å². The van der Waals surface area contributed by atoms with Crippen molar-refractivity contribution in [1.29, 1.82) is 0 Å². The van der Waals surface area contributed by atoms with Gasteiger partial charge in [0.1, 0.15) is 27.7 Å². The molecule has 0 radical (unpaired) electrons. The van der Waals surface area contributed by atoms with Gasteiger partial charge in [-0.2, -0.15) is 5.10 Å². The largest absolute Gasteiger partial charge is 0.298 e. The molecule has 0 saturated carbocycles. The van der Waals surface area contributed by atoms with Gasteiger partial charge in [0.25, 0.3) is 0 Å². The molecule has 0 saturated heterocycles. The number of hydrogen-bond acceptors (Lipinski definition) is 2. The molecule has 0 spiro atoms. The van der Waals surface area contributed by atoms with Gasteiger partial charge in [-0.15, -0.1) is 0 Å². The van der Waals surface area contributed by atoms with Crippen molar-refractivity contribution < 1.29 is 18.0 Å². The number of halogens is 4. The van der Waals surface area contributed by atoms with Gasteiger partial charge in [0.05, 0.1) is 11.3 Å². The fraction of sp³-hybridized carbons (Fsp3) is 0. The van der Waals surface area contributed by atoms with E-state index >= 15 is 0 Å². The van der Waals surface area contributed by atoms with Crippen LogP contribution in [-0.4, -0.2) is 16.1 Å². The Morgan fingerprint density at radius 2 is 1.65 bits per heavy atom. The van der Waals surface area contributed by atoms with Crippen molar-refractivity contribution in [2.45, 2.75) is 0 Å². The summed E-state index contributed by atoms with van der Waals surface area (Å²) in [5.74, 6) is -1.97. The zero-order valence-electron chi connectivity index (χ0n) is 11.4. The highest BCUT2D eigenvalue weighted by Crippen LogP contribution is 2.31. The monoisotopic (exact) mass is 380 g/mol. The smallest absolute Gasteiger partial charge is 0.155 e. The average molecular weight is 381 g/mol. The summed E-state index contributed by atoms with van der Waals surface area (Å²) in [6.07, 6.45) is 0.523. The zero-order chi connectivity index (χ0) is 16.6. The Bertz CT molecular complexity index is 891. The maximum absolute atomic E-state index is 14.0. The lowest BCUT2D eigenvalue weighted by Crippen LogP contribution is -1.97. The Morgan fingerprint density at radius 1 is 1.00 bits per heavy atom. The molecule has 3 rings (SSSR count). The number of hydrogen-bond donors (Lipinski definition) is 0. The zero-order valence-corrected chi connectivity index (χ0v) is 13.0. The molecule has 0 unspecified atom stereocenters. The number of aldehydes is 1. The van der Waals surface area contributed by atoms with Gasteiger partial charge in [0.2, 0.25) is 0 Å². The van der Waals surface area contributed by atoms with Gasteiger partial charge in [-0.3, -0.25) is 4.79 Å². The van der Waals surface area contributed by atoms with Crippen LogP contribution in [0.5, 0.6) is 0 Å². The number of benzene rings is 2. The van der Waals surface area contributed by atoms with Crippen LogP contribution in [0.4, 0.5) is 13.2 Å². The van der Waals surface area contributed by atoms with Crippen LogP contribution >= 0.6 is 15.9 Å². The van der Waals surface area contributed by atoms with Crippen LogP contribution in [0.25, 0.3) is 16.9 Å². The van der Waals surface area contributed by atoms with Crippen LogP contribution in [0.3, 0.4) is 0 Å². The van der Waals surface area contributed by atoms with E-state index in [4.69, 9.17) is 0 Å². The molecular formula is C16H8BrF3N2O. The third-order valence-electron chi connectivity index (χ3n) is 3.24. The van der Waals surface area contributed by atoms with Crippen molar-refractivity contribution in [3.8, 4) is 16.9 Å². The molecule has 2 aromatic carbocycles. The number of nitrogens with zero attached hydrogens (tertiary/aromatic N) is 2. The predicted molar refractivity (Wildman–Crippen MR) is 82.0 cm³/mol. The van der Waals surface area contributed by atoms with Crippen LogP contribution in [0, 0.1) is 17.5 Å². The lowest BCUT2D eigenvalue weighted by atomic mass is 10.1. The molecule has 3 nitrogen and oxygen atoms in total. The first-order valence-electron chi connectivity index (χ1n) is 6.46. The van der Waals surface area contributed by atoms with Gasteiger partial charge in [0.15, 0.2) is 6.29 Å². The van der Waals surface area contributed by atoms with Crippen molar-refractivity contribution >= 4 is 22.2 Å². The summed E-state index contributed by atoms with van der Waals surface area (Å²) in [4.78, 5) is 11.4. The summed E-state index contributed by atoms with van der Waals surface area (Å²) in [6, 6.07) is 8.41. The number of carbonyl (C=O) groups excluding carboxylic acids is 1. The Labute approximate surface area is 137 Å². The van der Waals surface area contributed by atoms with E-state index in [1.165, 1.54) is 35.0 Å². The second-order valence-corrected chi connectivity index (χ2v) is 5.43. The summed E-state index contributed by atoms with van der Waals surface area (Å²) in [7, 11) is 0. The van der Waals surface area contributed by atoms with Crippen molar-refractivity contribution in [3.05, 3.63) is 70.1 Å². The lowest BCUT2D eigenvalue weighted by molar-refractivity contribution is 0.112. The molecule has 23 heavy (non-hydrogen) atoms. The SMILES string of the molecule is O=Cc1c(-c2ccc(F)cc2F)nn(-c2ccc(F)cc2)c1Br. The second kappa shape index (κ2) is 6.00. The molecule has 0 aliphatic carbocycles. The van der Waals surface area contributed by atoms with E-state index in [-0.39, 0.29) is 21.4 Å². The number of carbonyl (C=O) groups is 1. The van der Waals surface area contributed by atoms with Crippen molar-refractivity contribution in [2.75, 3.05) is 0 Å². The second-order valence-electron chi connectivity index (χ2n) is 4.68. The standard InChI is InChI=1S/C16H8BrF3N2O/c17-16-13(8-23)15(12-6-3-10(19)7-14(12)20)21-22(16)11-4-1-9(18)2-5-11/h1-8H. The van der Waals surface area contributed by atoms with E-state index in [1.54, 1.807) is 0 Å². The Hall–Kier alpha value is -2.41. The van der Waals surface area contributed by atoms with Crippen molar-refractivity contribution in [1.82, 2.24) is 9.78 Å². The molecule has 3 aromatic rings. The maximum atomic E-state index is 14.0. The minimum absolute atomic E-state index is 0.00457. The Kier molecular flexibility index (Phi) is 4.04. The number of aromatic nitrogens is 2. The molecule has 0 atom stereocenters. The highest BCUT2D eigenvalue weighted by molar-refractivity contribution is 9.10. The molecule has 1 aromatic heterocycles. The van der Waals surface area contributed by atoms with E-state index < -0.39 is 17.5 Å². The minimum atomic E-state index is -0.829. The summed E-state index contributed by atoms with van der Waals surface area (Å²) < 4.78 is 41.7. The van der Waals surface area contributed by atoms with Crippen molar-refractivity contribution in [3.63, 3.8) is 0 Å². The van der Waals surface area contributed by atoms with Gasteiger partial charge < -0.3 is 0 Å². The van der Waals surface area contributed by atoms with E-state index in [2.05, 4.69) is 21.0 Å². The molecule has 116 valence electrons. The quantitative estimate of drug-likeness (QED) is 0.625. The molecule has 7 heteroatoms. The molecule has 0 fully saturated rings. The highest BCUT2D eigenvalue weighted by Gasteiger charge is 2.20. The highest BCUT2D eigenvalue weighted by atomic mass is 79.9. The van der Waals surface area contributed by atoms with Gasteiger partial charge >= 0.3 is 0 Å². The van der Waals surface area contributed by atoms with Crippen LogP contribution in [-0.2, 0) is 0 Å². The normalized spacial score (nSPS) is 10.8. The predicted octanol–water partition coefficient (Wildman–Crippen LogP) is 4.53. The molecule has 1 heterocycles. The van der Waals surface area contributed by atoms with Gasteiger partial charge in [0, 0.05) is 11.6 Å². The fourth-order valence-corrected chi connectivity index (χ4v) is 2.71. The van der Waals surface area contributed by atoms with Crippen LogP contribution in [0.1, 0.15) is 10.4 Å². The summed E-state index contributed by atoms with van der Waals surface area (Å²) in [6.45, 7) is 0. The molecule has 0 aliphatic heterocycles. The summed E-state index contributed by atoms with van der Waals surface area (Å²) in [5.41, 5.74) is 0.652. The molecule has 0 aliphatic rings. The first-order chi connectivity index (χ1) is 11.0. The van der Waals surface area contributed by atoms with Crippen LogP contribution < -0.4 is 0 Å². The first kappa shape index (κ1) is 15.5.